The Morgan fingerprint density at radius 1 is 1.33 bits per heavy atom. The average molecular weight is 286 g/mol. The van der Waals surface area contributed by atoms with Gasteiger partial charge < -0.3 is 9.72 Å². The van der Waals surface area contributed by atoms with Gasteiger partial charge in [-0.3, -0.25) is 4.90 Å². The van der Waals surface area contributed by atoms with Crippen LogP contribution in [0.15, 0.2) is 18.3 Å². The highest BCUT2D eigenvalue weighted by atomic mass is 16.5. The van der Waals surface area contributed by atoms with Gasteiger partial charge in [0.15, 0.2) is 0 Å². The van der Waals surface area contributed by atoms with Crippen molar-refractivity contribution in [3.8, 4) is 5.75 Å². The molecule has 0 aliphatic carbocycles. The lowest BCUT2D eigenvalue weighted by Crippen LogP contribution is -2.33. The van der Waals surface area contributed by atoms with Gasteiger partial charge in [-0.1, -0.05) is 13.3 Å². The van der Waals surface area contributed by atoms with E-state index >= 15 is 0 Å². The van der Waals surface area contributed by atoms with E-state index in [-0.39, 0.29) is 0 Å². The van der Waals surface area contributed by atoms with Crippen molar-refractivity contribution in [3.05, 3.63) is 29.5 Å². The standard InChI is InChI=1S/C18H26N2O/c1-4-14-6-9-20(10-7-14)12-16-15-5-8-19-18(15)13(2)11-17(16)21-3/h5,8,11,14,19H,4,6-7,9-10,12H2,1-3H3. The summed E-state index contributed by atoms with van der Waals surface area (Å²) in [6, 6.07) is 4.34. The maximum Gasteiger partial charge on any atom is 0.124 e. The minimum absolute atomic E-state index is 0.924. The van der Waals surface area contributed by atoms with E-state index in [1.807, 2.05) is 6.20 Å². The number of fused-ring (bicyclic) bond motifs is 1. The monoisotopic (exact) mass is 286 g/mol. The Morgan fingerprint density at radius 3 is 2.76 bits per heavy atom. The molecule has 1 aromatic carbocycles. The van der Waals surface area contributed by atoms with Crippen LogP contribution in [0, 0.1) is 12.8 Å². The molecule has 1 aliphatic rings. The van der Waals surface area contributed by atoms with Gasteiger partial charge in [-0.25, -0.2) is 0 Å². The predicted octanol–water partition coefficient (Wildman–Crippen LogP) is 4.11. The molecule has 0 bridgehead atoms. The van der Waals surface area contributed by atoms with E-state index in [1.54, 1.807) is 7.11 Å². The van der Waals surface area contributed by atoms with Crippen molar-refractivity contribution in [2.24, 2.45) is 5.92 Å². The molecule has 1 N–H and O–H groups in total. The van der Waals surface area contributed by atoms with Crippen LogP contribution in [0.1, 0.15) is 37.3 Å². The van der Waals surface area contributed by atoms with E-state index < -0.39 is 0 Å². The van der Waals surface area contributed by atoms with Crippen molar-refractivity contribution in [2.45, 2.75) is 39.7 Å². The Hall–Kier alpha value is -1.48. The van der Waals surface area contributed by atoms with Crippen LogP contribution in [0.25, 0.3) is 10.9 Å². The number of nitrogens with zero attached hydrogens (tertiary/aromatic N) is 1. The Balaban J connectivity index is 1.86. The Kier molecular flexibility index (Phi) is 4.20. The van der Waals surface area contributed by atoms with Crippen LogP contribution >= 0.6 is 0 Å². The summed E-state index contributed by atoms with van der Waals surface area (Å²) in [6.45, 7) is 7.86. The first-order valence-electron chi connectivity index (χ1n) is 8.08. The molecule has 3 heteroatoms. The number of ether oxygens (including phenoxy) is 1. The molecule has 1 fully saturated rings. The van der Waals surface area contributed by atoms with Gasteiger partial charge in [-0.2, -0.15) is 0 Å². The summed E-state index contributed by atoms with van der Waals surface area (Å²) in [5, 5.41) is 1.31. The number of H-pyrrole nitrogens is 1. The number of nitrogens with one attached hydrogen (secondary N) is 1. The lowest BCUT2D eigenvalue weighted by Gasteiger charge is -2.32. The number of aromatic nitrogens is 1. The van der Waals surface area contributed by atoms with E-state index in [2.05, 4.69) is 35.9 Å². The van der Waals surface area contributed by atoms with E-state index in [1.165, 1.54) is 54.4 Å². The van der Waals surface area contributed by atoms with Crippen molar-refractivity contribution in [1.82, 2.24) is 9.88 Å². The van der Waals surface area contributed by atoms with Gasteiger partial charge in [0.25, 0.3) is 0 Å². The third-order valence-electron chi connectivity index (χ3n) is 5.00. The van der Waals surface area contributed by atoms with Crippen LogP contribution in [0.5, 0.6) is 5.75 Å². The summed E-state index contributed by atoms with van der Waals surface area (Å²) in [4.78, 5) is 5.93. The fourth-order valence-corrected chi connectivity index (χ4v) is 3.56. The smallest absolute Gasteiger partial charge is 0.124 e. The number of aryl methyl sites for hydroxylation is 1. The van der Waals surface area contributed by atoms with Crippen molar-refractivity contribution >= 4 is 10.9 Å². The summed E-state index contributed by atoms with van der Waals surface area (Å²) in [5.41, 5.74) is 3.82. The molecule has 1 aliphatic heterocycles. The van der Waals surface area contributed by atoms with Crippen LogP contribution in [0.3, 0.4) is 0 Å². The molecule has 3 rings (SSSR count). The molecule has 21 heavy (non-hydrogen) atoms. The fourth-order valence-electron chi connectivity index (χ4n) is 3.56. The van der Waals surface area contributed by atoms with E-state index in [0.29, 0.717) is 0 Å². The topological polar surface area (TPSA) is 28.3 Å². The van der Waals surface area contributed by atoms with E-state index in [0.717, 1.165) is 18.2 Å². The van der Waals surface area contributed by atoms with E-state index in [4.69, 9.17) is 4.74 Å². The van der Waals surface area contributed by atoms with Crippen LogP contribution in [-0.4, -0.2) is 30.1 Å². The molecule has 114 valence electrons. The van der Waals surface area contributed by atoms with Crippen molar-refractivity contribution in [3.63, 3.8) is 0 Å². The normalized spacial score (nSPS) is 17.5. The summed E-state index contributed by atoms with van der Waals surface area (Å²) in [5.74, 6) is 1.95. The van der Waals surface area contributed by atoms with Gasteiger partial charge in [0.05, 0.1) is 7.11 Å². The first-order valence-corrected chi connectivity index (χ1v) is 8.08. The van der Waals surface area contributed by atoms with Gasteiger partial charge in [0, 0.05) is 29.2 Å². The molecule has 0 radical (unpaired) electrons. The molecule has 1 aromatic heterocycles. The minimum Gasteiger partial charge on any atom is -0.496 e. The van der Waals surface area contributed by atoms with Crippen LogP contribution in [0.2, 0.25) is 0 Å². The quantitative estimate of drug-likeness (QED) is 0.916. The molecule has 0 spiro atoms. The lowest BCUT2D eigenvalue weighted by atomic mass is 9.94. The SMILES string of the molecule is CCC1CCN(Cc2c(OC)cc(C)c3[nH]ccc23)CC1. The Bertz CT molecular complexity index is 609. The number of rotatable bonds is 4. The van der Waals surface area contributed by atoms with E-state index in [9.17, 15) is 0 Å². The predicted molar refractivity (Wildman–Crippen MR) is 87.9 cm³/mol. The second-order valence-corrected chi connectivity index (χ2v) is 6.27. The number of benzene rings is 1. The zero-order chi connectivity index (χ0) is 14.8. The van der Waals surface area contributed by atoms with Crippen molar-refractivity contribution in [1.29, 1.82) is 0 Å². The molecule has 0 atom stereocenters. The number of aromatic amines is 1. The molecular formula is C18H26N2O. The Labute approximate surface area is 127 Å². The van der Waals surface area contributed by atoms with Crippen molar-refractivity contribution in [2.75, 3.05) is 20.2 Å². The molecular weight excluding hydrogens is 260 g/mol. The lowest BCUT2D eigenvalue weighted by molar-refractivity contribution is 0.174. The number of hydrogen-bond acceptors (Lipinski definition) is 2. The summed E-state index contributed by atoms with van der Waals surface area (Å²) in [6.07, 6.45) is 6.02. The number of hydrogen-bond donors (Lipinski definition) is 1. The molecule has 1 saturated heterocycles. The van der Waals surface area contributed by atoms with Crippen LogP contribution in [-0.2, 0) is 6.54 Å². The minimum atomic E-state index is 0.924. The zero-order valence-corrected chi connectivity index (χ0v) is 13.4. The maximum absolute atomic E-state index is 5.65. The third-order valence-corrected chi connectivity index (χ3v) is 5.00. The second-order valence-electron chi connectivity index (χ2n) is 6.27. The molecule has 0 unspecified atom stereocenters. The van der Waals surface area contributed by atoms with Gasteiger partial charge in [-0.05, 0) is 56.5 Å². The largest absolute Gasteiger partial charge is 0.496 e. The van der Waals surface area contributed by atoms with Crippen molar-refractivity contribution < 1.29 is 4.74 Å². The highest BCUT2D eigenvalue weighted by molar-refractivity contribution is 5.88. The van der Waals surface area contributed by atoms with Crippen LogP contribution < -0.4 is 4.74 Å². The van der Waals surface area contributed by atoms with Gasteiger partial charge >= 0.3 is 0 Å². The van der Waals surface area contributed by atoms with Gasteiger partial charge in [0.2, 0.25) is 0 Å². The zero-order valence-electron chi connectivity index (χ0n) is 13.4. The summed E-state index contributed by atoms with van der Waals surface area (Å²) >= 11 is 0. The first-order chi connectivity index (χ1) is 10.2. The van der Waals surface area contributed by atoms with Gasteiger partial charge in [0.1, 0.15) is 5.75 Å². The van der Waals surface area contributed by atoms with Gasteiger partial charge in [-0.15, -0.1) is 0 Å². The number of methoxy groups -OCH3 is 1. The average Bonchev–Trinajstić information content (AvgIpc) is 3.00. The highest BCUT2D eigenvalue weighted by Gasteiger charge is 2.20. The fraction of sp³-hybridized carbons (Fsp3) is 0.556. The maximum atomic E-state index is 5.65. The molecule has 2 aromatic rings. The summed E-state index contributed by atoms with van der Waals surface area (Å²) < 4.78 is 5.65. The van der Waals surface area contributed by atoms with Crippen LogP contribution in [0.4, 0.5) is 0 Å². The molecule has 3 nitrogen and oxygen atoms in total. The number of piperidine rings is 1. The molecule has 0 amide bonds. The second kappa shape index (κ2) is 6.10. The molecule has 2 heterocycles. The summed E-state index contributed by atoms with van der Waals surface area (Å²) in [7, 11) is 1.78. The molecule has 0 saturated carbocycles. The highest BCUT2D eigenvalue weighted by Crippen LogP contribution is 2.32. The Morgan fingerprint density at radius 2 is 2.10 bits per heavy atom. The first kappa shape index (κ1) is 14.5. The third kappa shape index (κ3) is 2.80. The number of likely N-dealkylation sites (tertiary alicyclic amines) is 1.